The second kappa shape index (κ2) is 3.02. The Bertz CT molecular complexity index is 61.4. The van der Waals surface area contributed by atoms with Gasteiger partial charge in [0, 0.05) is 0 Å². The summed E-state index contributed by atoms with van der Waals surface area (Å²) in [6.07, 6.45) is 0.983. The molecule has 8 heavy (non-hydrogen) atoms. The predicted molar refractivity (Wildman–Crippen MR) is 30.5 cm³/mol. The summed E-state index contributed by atoms with van der Waals surface area (Å²) in [6.45, 7) is 1.92. The number of hydrogen-bond acceptors (Lipinski definition) is 2. The van der Waals surface area contributed by atoms with Gasteiger partial charge in [0.2, 0.25) is 0 Å². The number of hydrogen-bond donors (Lipinski definition) is 2. The first kappa shape index (κ1) is 6.01. The van der Waals surface area contributed by atoms with Crippen molar-refractivity contribution in [2.24, 2.45) is 0 Å². The van der Waals surface area contributed by atoms with Gasteiger partial charge in [0.1, 0.15) is 0 Å². The van der Waals surface area contributed by atoms with Gasteiger partial charge >= 0.3 is 0 Å². The minimum absolute atomic E-state index is 0.205. The van der Waals surface area contributed by atoms with Crippen LogP contribution in [0.1, 0.15) is 6.42 Å². The monoisotopic (exact) mass is 115 g/mol. The fourth-order valence-corrected chi connectivity index (χ4v) is 0.782. The molecule has 0 spiro atoms. The van der Waals surface area contributed by atoms with Gasteiger partial charge in [0.15, 0.2) is 0 Å². The largest absolute Gasteiger partial charge is 0.395 e. The topological polar surface area (TPSA) is 46.4 Å². The average molecular weight is 115 g/mol. The number of rotatable bonds is 1. The van der Waals surface area contributed by atoms with Crippen molar-refractivity contribution in [1.82, 2.24) is 10.6 Å². The molecule has 1 aliphatic heterocycles. The lowest BCUT2D eigenvalue weighted by atomic mass is 10.2. The second-order valence-corrected chi connectivity index (χ2v) is 1.97. The minimum atomic E-state index is 0.205. The smallest absolute Gasteiger partial charge is 0.0628 e. The first-order chi connectivity index (χ1) is 3.93. The van der Waals surface area contributed by atoms with Crippen molar-refractivity contribution in [3.8, 4) is 0 Å². The molecule has 47 valence electrons. The van der Waals surface area contributed by atoms with E-state index in [0.717, 1.165) is 13.0 Å². The number of nitrogens with one attached hydrogen (secondary N) is 1. The highest BCUT2D eigenvalue weighted by atomic mass is 16.3. The lowest BCUT2D eigenvalue weighted by molar-refractivity contribution is 0.215. The van der Waals surface area contributed by atoms with Gasteiger partial charge in [0.05, 0.1) is 19.3 Å². The van der Waals surface area contributed by atoms with Crippen LogP contribution < -0.4 is 10.6 Å². The maximum absolute atomic E-state index is 8.57. The Morgan fingerprint density at radius 2 is 2.62 bits per heavy atom. The van der Waals surface area contributed by atoms with E-state index in [1.165, 1.54) is 0 Å². The van der Waals surface area contributed by atoms with Gasteiger partial charge < -0.3 is 10.4 Å². The average Bonchev–Trinajstić information content (AvgIpc) is 1.90. The van der Waals surface area contributed by atoms with Crippen molar-refractivity contribution >= 4 is 0 Å². The molecule has 0 aromatic heterocycles. The molecule has 1 fully saturated rings. The Morgan fingerprint density at radius 3 is 3.00 bits per heavy atom. The van der Waals surface area contributed by atoms with Crippen LogP contribution in [0.25, 0.3) is 0 Å². The van der Waals surface area contributed by atoms with E-state index in [1.54, 1.807) is 0 Å². The lowest BCUT2D eigenvalue weighted by Gasteiger charge is -2.19. The molecule has 2 N–H and O–H groups in total. The maximum Gasteiger partial charge on any atom is 0.0628 e. The number of nitrogens with zero attached hydrogens (tertiary/aromatic N) is 1. The summed E-state index contributed by atoms with van der Waals surface area (Å²) in [5.41, 5.74) is 0. The molecule has 1 aliphatic rings. The first-order valence-electron chi connectivity index (χ1n) is 2.91. The maximum atomic E-state index is 8.57. The minimum Gasteiger partial charge on any atom is -0.395 e. The molecule has 1 rings (SSSR count). The van der Waals surface area contributed by atoms with Gasteiger partial charge in [-0.05, 0) is 13.0 Å². The predicted octanol–water partition coefficient (Wildman–Crippen LogP) is -1.10. The Labute approximate surface area is 49.1 Å². The van der Waals surface area contributed by atoms with E-state index in [-0.39, 0.29) is 12.6 Å². The fourth-order valence-electron chi connectivity index (χ4n) is 0.782. The zero-order valence-electron chi connectivity index (χ0n) is 4.80. The first-order valence-corrected chi connectivity index (χ1v) is 2.91. The second-order valence-electron chi connectivity index (χ2n) is 1.97. The fraction of sp³-hybridized carbons (Fsp3) is 1.00. The molecule has 0 bridgehead atoms. The number of aliphatic hydroxyl groups excluding tert-OH is 1. The lowest BCUT2D eigenvalue weighted by Crippen LogP contribution is -2.41. The van der Waals surface area contributed by atoms with Gasteiger partial charge in [-0.2, -0.15) is 0 Å². The summed E-state index contributed by atoms with van der Waals surface area (Å²) < 4.78 is 0. The van der Waals surface area contributed by atoms with Gasteiger partial charge in [-0.3, -0.25) is 0 Å². The van der Waals surface area contributed by atoms with Crippen LogP contribution in [0.2, 0.25) is 0 Å². The molecular weight excluding hydrogens is 104 g/mol. The van der Waals surface area contributed by atoms with Crippen molar-refractivity contribution in [3.63, 3.8) is 0 Å². The van der Waals surface area contributed by atoms with E-state index in [9.17, 15) is 0 Å². The van der Waals surface area contributed by atoms with Gasteiger partial charge in [-0.15, -0.1) is 0 Å². The van der Waals surface area contributed by atoms with E-state index in [2.05, 4.69) is 10.6 Å². The Morgan fingerprint density at radius 1 is 1.75 bits per heavy atom. The van der Waals surface area contributed by atoms with Crippen LogP contribution in [0.15, 0.2) is 0 Å². The van der Waals surface area contributed by atoms with Crippen molar-refractivity contribution in [3.05, 3.63) is 0 Å². The van der Waals surface area contributed by atoms with E-state index in [1.807, 2.05) is 0 Å². The summed E-state index contributed by atoms with van der Waals surface area (Å²) >= 11 is 0. The van der Waals surface area contributed by atoms with E-state index >= 15 is 0 Å². The van der Waals surface area contributed by atoms with Crippen LogP contribution in [-0.4, -0.2) is 31.0 Å². The molecule has 1 unspecified atom stereocenters. The molecular formula is C5H11N2O. The third-order valence-electron chi connectivity index (χ3n) is 1.33. The van der Waals surface area contributed by atoms with E-state index in [0.29, 0.717) is 6.67 Å². The molecule has 1 radical (unpaired) electrons. The van der Waals surface area contributed by atoms with Crippen LogP contribution in [0.3, 0.4) is 0 Å². The van der Waals surface area contributed by atoms with Crippen molar-refractivity contribution in [1.29, 1.82) is 0 Å². The third kappa shape index (κ3) is 1.43. The molecule has 0 saturated carbocycles. The van der Waals surface area contributed by atoms with Crippen LogP contribution in [-0.2, 0) is 0 Å². The summed E-state index contributed by atoms with van der Waals surface area (Å²) in [4.78, 5) is 0. The molecule has 1 atom stereocenters. The van der Waals surface area contributed by atoms with Crippen LogP contribution in [0, 0.1) is 0 Å². The van der Waals surface area contributed by atoms with Gasteiger partial charge in [0.25, 0.3) is 0 Å². The molecule has 0 aromatic rings. The molecule has 0 aromatic carbocycles. The third-order valence-corrected chi connectivity index (χ3v) is 1.33. The molecule has 3 heteroatoms. The number of aliphatic hydroxyl groups is 1. The Balaban J connectivity index is 2.13. The highest BCUT2D eigenvalue weighted by Gasteiger charge is 2.10. The quantitative estimate of drug-likeness (QED) is 0.456. The SMILES string of the molecule is OCC1CCNC[N]1. The molecule has 0 amide bonds. The standard InChI is InChI=1S/C5H11N2O/c8-3-5-1-2-6-4-7-5/h5-6,8H,1-4H2. The highest BCUT2D eigenvalue weighted by Crippen LogP contribution is 1.93. The summed E-state index contributed by atoms with van der Waals surface area (Å²) in [7, 11) is 0. The summed E-state index contributed by atoms with van der Waals surface area (Å²) in [6, 6.07) is 0.205. The normalized spacial score (nSPS) is 30.4. The molecule has 0 aliphatic carbocycles. The summed E-state index contributed by atoms with van der Waals surface area (Å²) in [5, 5.41) is 15.7. The van der Waals surface area contributed by atoms with Crippen LogP contribution >= 0.6 is 0 Å². The highest BCUT2D eigenvalue weighted by molar-refractivity contribution is 4.69. The van der Waals surface area contributed by atoms with E-state index in [4.69, 9.17) is 5.11 Å². The van der Waals surface area contributed by atoms with Crippen LogP contribution in [0.4, 0.5) is 0 Å². The summed E-state index contributed by atoms with van der Waals surface area (Å²) in [5.74, 6) is 0. The van der Waals surface area contributed by atoms with E-state index < -0.39 is 0 Å². The zero-order chi connectivity index (χ0) is 5.82. The zero-order valence-corrected chi connectivity index (χ0v) is 4.80. The van der Waals surface area contributed by atoms with Crippen molar-refractivity contribution in [2.75, 3.05) is 19.8 Å². The van der Waals surface area contributed by atoms with Crippen molar-refractivity contribution < 1.29 is 5.11 Å². The van der Waals surface area contributed by atoms with Gasteiger partial charge in [-0.25, -0.2) is 5.32 Å². The molecule has 1 heterocycles. The van der Waals surface area contributed by atoms with Crippen molar-refractivity contribution in [2.45, 2.75) is 12.5 Å². The molecule has 1 saturated heterocycles. The Hall–Kier alpha value is -0.120. The van der Waals surface area contributed by atoms with Crippen LogP contribution in [0.5, 0.6) is 0 Å². The molecule has 3 nitrogen and oxygen atoms in total. The Kier molecular flexibility index (Phi) is 2.27. The van der Waals surface area contributed by atoms with Gasteiger partial charge in [-0.1, -0.05) is 0 Å².